The second-order valence-electron chi connectivity index (χ2n) is 1.45. The van der Waals surface area contributed by atoms with E-state index in [2.05, 4.69) is 16.1 Å². The fraction of sp³-hybridized carbons (Fsp3) is 0.400. The van der Waals surface area contributed by atoms with Crippen LogP contribution < -0.4 is 0 Å². The minimum atomic E-state index is -0.602. The van der Waals surface area contributed by atoms with Crippen LogP contribution in [0.2, 0.25) is 0 Å². The maximum atomic E-state index is 10.1. The van der Waals surface area contributed by atoms with Crippen molar-refractivity contribution in [3.8, 4) is 0 Å². The molecule has 44 valence electrons. The average molecular weight is 114 g/mol. The molecule has 1 rings (SSSR count). The first-order valence-electron chi connectivity index (χ1n) is 2.29. The van der Waals surface area contributed by atoms with Crippen LogP contribution in [0, 0.1) is 0 Å². The van der Waals surface area contributed by atoms with Crippen LogP contribution in [0.25, 0.3) is 0 Å². The van der Waals surface area contributed by atoms with Crippen molar-refractivity contribution >= 4 is 6.16 Å². The van der Waals surface area contributed by atoms with Gasteiger partial charge in [0.2, 0.25) is 0 Å². The van der Waals surface area contributed by atoms with Crippen molar-refractivity contribution in [3.63, 3.8) is 0 Å². The van der Waals surface area contributed by atoms with Gasteiger partial charge in [0.15, 0.2) is 6.10 Å². The summed E-state index contributed by atoms with van der Waals surface area (Å²) >= 11 is 0. The Labute approximate surface area is 46.9 Å². The fourth-order valence-corrected chi connectivity index (χ4v) is 0.458. The van der Waals surface area contributed by atoms with Crippen molar-refractivity contribution in [2.24, 2.45) is 0 Å². The summed E-state index contributed by atoms with van der Waals surface area (Å²) in [5, 5.41) is 0. The molecule has 0 aliphatic carbocycles. The zero-order chi connectivity index (χ0) is 5.98. The van der Waals surface area contributed by atoms with Crippen molar-refractivity contribution in [1.82, 2.24) is 0 Å². The highest BCUT2D eigenvalue weighted by atomic mass is 16.8. The van der Waals surface area contributed by atoms with Crippen LogP contribution in [-0.2, 0) is 9.47 Å². The third-order valence-electron chi connectivity index (χ3n) is 0.876. The number of hydrogen-bond acceptors (Lipinski definition) is 3. The van der Waals surface area contributed by atoms with Crippen LogP contribution in [-0.4, -0.2) is 18.9 Å². The molecule has 3 heteroatoms. The molecule has 0 radical (unpaired) electrons. The molecule has 0 saturated carbocycles. The first-order chi connectivity index (χ1) is 3.83. The lowest BCUT2D eigenvalue weighted by atomic mass is 10.4. The van der Waals surface area contributed by atoms with Gasteiger partial charge >= 0.3 is 6.16 Å². The third kappa shape index (κ3) is 0.804. The number of rotatable bonds is 1. The number of ether oxygens (including phenoxy) is 2. The summed E-state index contributed by atoms with van der Waals surface area (Å²) in [6, 6.07) is 0. The number of carbonyl (C=O) groups excluding carboxylic acids is 1. The van der Waals surface area contributed by atoms with Crippen molar-refractivity contribution < 1.29 is 14.3 Å². The van der Waals surface area contributed by atoms with E-state index in [9.17, 15) is 4.79 Å². The second-order valence-corrected chi connectivity index (χ2v) is 1.45. The Morgan fingerprint density at radius 2 is 2.62 bits per heavy atom. The molecule has 0 N–H and O–H groups in total. The van der Waals surface area contributed by atoms with E-state index >= 15 is 0 Å². The van der Waals surface area contributed by atoms with E-state index in [0.29, 0.717) is 6.61 Å². The molecule has 1 atom stereocenters. The monoisotopic (exact) mass is 114 g/mol. The Balaban J connectivity index is 2.43. The Morgan fingerprint density at radius 1 is 1.88 bits per heavy atom. The summed E-state index contributed by atoms with van der Waals surface area (Å²) < 4.78 is 8.96. The minimum Gasteiger partial charge on any atom is -0.430 e. The highest BCUT2D eigenvalue weighted by molar-refractivity contribution is 5.62. The van der Waals surface area contributed by atoms with E-state index in [1.807, 2.05) is 0 Å². The van der Waals surface area contributed by atoms with Gasteiger partial charge in [-0.15, -0.1) is 0 Å². The standard InChI is InChI=1S/C5H6O3/c1-2-4-3-7-5(6)8-4/h2,4H,1,3H2/t4-/m0/s1. The molecule has 0 spiro atoms. The lowest BCUT2D eigenvalue weighted by molar-refractivity contribution is 0.125. The Hall–Kier alpha value is -0.990. The largest absolute Gasteiger partial charge is 0.509 e. The summed E-state index contributed by atoms with van der Waals surface area (Å²) in [5.74, 6) is 0. The molecule has 1 fully saturated rings. The summed E-state index contributed by atoms with van der Waals surface area (Å²) in [6.07, 6.45) is 0.697. The van der Waals surface area contributed by atoms with Crippen molar-refractivity contribution in [2.45, 2.75) is 6.10 Å². The van der Waals surface area contributed by atoms with E-state index < -0.39 is 6.16 Å². The van der Waals surface area contributed by atoms with Gasteiger partial charge in [0.1, 0.15) is 6.61 Å². The van der Waals surface area contributed by atoms with Gasteiger partial charge in [-0.05, 0) is 6.08 Å². The highest BCUT2D eigenvalue weighted by Gasteiger charge is 2.20. The van der Waals surface area contributed by atoms with Crippen molar-refractivity contribution in [3.05, 3.63) is 12.7 Å². The number of cyclic esters (lactones) is 2. The van der Waals surface area contributed by atoms with Gasteiger partial charge in [-0.2, -0.15) is 0 Å². The molecule has 0 aromatic rings. The fourth-order valence-electron chi connectivity index (χ4n) is 0.458. The normalized spacial score (nSPS) is 26.5. The van der Waals surface area contributed by atoms with E-state index in [1.54, 1.807) is 0 Å². The Bertz CT molecular complexity index is 119. The zero-order valence-corrected chi connectivity index (χ0v) is 4.29. The molecule has 0 amide bonds. The molecular formula is C5H6O3. The molecule has 0 aromatic carbocycles. The number of hydrogen-bond donors (Lipinski definition) is 0. The second kappa shape index (κ2) is 1.86. The molecule has 1 aliphatic heterocycles. The number of carbonyl (C=O) groups is 1. The maximum Gasteiger partial charge on any atom is 0.509 e. The molecule has 0 unspecified atom stereocenters. The van der Waals surface area contributed by atoms with Gasteiger partial charge in [-0.1, -0.05) is 6.58 Å². The molecule has 1 heterocycles. The van der Waals surface area contributed by atoms with E-state index in [-0.39, 0.29) is 6.10 Å². The van der Waals surface area contributed by atoms with Crippen LogP contribution in [0.4, 0.5) is 4.79 Å². The van der Waals surface area contributed by atoms with Crippen LogP contribution in [0.3, 0.4) is 0 Å². The summed E-state index contributed by atoms with van der Waals surface area (Å²) in [4.78, 5) is 10.1. The molecule has 1 saturated heterocycles. The predicted molar refractivity (Wildman–Crippen MR) is 26.4 cm³/mol. The molecule has 0 bridgehead atoms. The van der Waals surface area contributed by atoms with Crippen LogP contribution in [0.5, 0.6) is 0 Å². The van der Waals surface area contributed by atoms with Gasteiger partial charge in [-0.25, -0.2) is 4.79 Å². The summed E-state index contributed by atoms with van der Waals surface area (Å²) in [6.45, 7) is 3.73. The third-order valence-corrected chi connectivity index (χ3v) is 0.876. The SMILES string of the molecule is C=C[C@H]1COC(=O)O1. The van der Waals surface area contributed by atoms with E-state index in [4.69, 9.17) is 0 Å². The van der Waals surface area contributed by atoms with Crippen molar-refractivity contribution in [1.29, 1.82) is 0 Å². The molecule has 3 nitrogen and oxygen atoms in total. The van der Waals surface area contributed by atoms with Crippen LogP contribution >= 0.6 is 0 Å². The lowest BCUT2D eigenvalue weighted by Gasteiger charge is -1.92. The topological polar surface area (TPSA) is 35.5 Å². The molecule has 1 aliphatic rings. The Kier molecular flexibility index (Phi) is 1.20. The predicted octanol–water partition coefficient (Wildman–Crippen LogP) is 0.708. The summed E-state index contributed by atoms with van der Waals surface area (Å²) in [7, 11) is 0. The quantitative estimate of drug-likeness (QED) is 0.372. The Morgan fingerprint density at radius 3 is 2.88 bits per heavy atom. The smallest absolute Gasteiger partial charge is 0.430 e. The molecular weight excluding hydrogens is 108 g/mol. The van der Waals surface area contributed by atoms with Gasteiger partial charge in [0.05, 0.1) is 0 Å². The lowest BCUT2D eigenvalue weighted by Crippen LogP contribution is -2.03. The highest BCUT2D eigenvalue weighted by Crippen LogP contribution is 2.05. The minimum absolute atomic E-state index is 0.234. The summed E-state index contributed by atoms with van der Waals surface area (Å²) in [5.41, 5.74) is 0. The zero-order valence-electron chi connectivity index (χ0n) is 4.29. The van der Waals surface area contributed by atoms with Gasteiger partial charge in [0, 0.05) is 0 Å². The molecule has 0 aromatic heterocycles. The van der Waals surface area contributed by atoms with Gasteiger partial charge < -0.3 is 9.47 Å². The van der Waals surface area contributed by atoms with E-state index in [0.717, 1.165) is 0 Å². The van der Waals surface area contributed by atoms with Gasteiger partial charge in [-0.3, -0.25) is 0 Å². The van der Waals surface area contributed by atoms with Crippen molar-refractivity contribution in [2.75, 3.05) is 6.61 Å². The van der Waals surface area contributed by atoms with Crippen LogP contribution in [0.1, 0.15) is 0 Å². The maximum absolute atomic E-state index is 10.1. The average Bonchev–Trinajstić information content (AvgIpc) is 2.14. The first kappa shape index (κ1) is 5.15. The molecule has 8 heavy (non-hydrogen) atoms. The van der Waals surface area contributed by atoms with Crippen LogP contribution in [0.15, 0.2) is 12.7 Å². The first-order valence-corrected chi connectivity index (χ1v) is 2.29. The van der Waals surface area contributed by atoms with Gasteiger partial charge in [0.25, 0.3) is 0 Å². The van der Waals surface area contributed by atoms with E-state index in [1.165, 1.54) is 6.08 Å².